The zero-order valence-corrected chi connectivity index (χ0v) is 6.05. The number of carboxylic acid groups (broad SMARTS) is 1. The van der Waals surface area contributed by atoms with E-state index >= 15 is 0 Å². The minimum absolute atomic E-state index is 0. The number of rotatable bonds is 4. The van der Waals surface area contributed by atoms with Gasteiger partial charge in [-0.25, -0.2) is 0 Å². The molecule has 0 aliphatic carbocycles. The van der Waals surface area contributed by atoms with Crippen molar-refractivity contribution in [2.45, 2.75) is 33.1 Å². The van der Waals surface area contributed by atoms with Gasteiger partial charge in [-0.3, -0.25) is 4.79 Å². The predicted molar refractivity (Wildman–Crippen MR) is 43.5 cm³/mol. The van der Waals surface area contributed by atoms with E-state index in [2.05, 4.69) is 6.92 Å². The van der Waals surface area contributed by atoms with Crippen molar-refractivity contribution < 1.29 is 9.90 Å². The van der Waals surface area contributed by atoms with Crippen LogP contribution in [0.4, 0.5) is 0 Å². The molecule has 0 aliphatic rings. The van der Waals surface area contributed by atoms with Crippen molar-refractivity contribution in [2.75, 3.05) is 0 Å². The summed E-state index contributed by atoms with van der Waals surface area (Å²) < 4.78 is 0. The van der Waals surface area contributed by atoms with Crippen molar-refractivity contribution in [3.63, 3.8) is 0 Å². The quantitative estimate of drug-likeness (QED) is 0.645. The molecule has 0 aliphatic heterocycles. The van der Waals surface area contributed by atoms with Crippen LogP contribution in [0.5, 0.6) is 0 Å². The normalized spacial score (nSPS) is 11.8. The zero-order chi connectivity index (χ0) is 7.28. The number of hydrogen-bond donors (Lipinski definition) is 1. The van der Waals surface area contributed by atoms with E-state index in [1.807, 2.05) is 0 Å². The van der Waals surface area contributed by atoms with E-state index in [9.17, 15) is 4.79 Å². The van der Waals surface area contributed by atoms with Gasteiger partial charge in [0.05, 0.1) is 5.92 Å². The molecule has 1 N–H and O–H groups in total. The first-order valence-electron chi connectivity index (χ1n) is 3.41. The summed E-state index contributed by atoms with van der Waals surface area (Å²) in [5.41, 5.74) is 0. The molecule has 0 rings (SSSR count). The summed E-state index contributed by atoms with van der Waals surface area (Å²) in [6.45, 7) is 3.81. The molecule has 0 saturated heterocycles. The molecule has 0 aromatic carbocycles. The van der Waals surface area contributed by atoms with Crippen LogP contribution in [0.1, 0.15) is 33.1 Å². The first-order chi connectivity index (χ1) is 4.18. The van der Waals surface area contributed by atoms with Gasteiger partial charge in [-0.2, -0.15) is 0 Å². The fraction of sp³-hybridized carbons (Fsp3) is 0.857. The van der Waals surface area contributed by atoms with E-state index in [0.29, 0.717) is 0 Å². The number of carboxylic acids is 1. The third kappa shape index (κ3) is 7.22. The summed E-state index contributed by atoms with van der Waals surface area (Å²) in [5.74, 6) is -0.839. The van der Waals surface area contributed by atoms with Crippen LogP contribution in [-0.2, 0) is 4.79 Å². The molecule has 2 nitrogen and oxygen atoms in total. The van der Waals surface area contributed by atoms with E-state index in [0.717, 1.165) is 19.3 Å². The van der Waals surface area contributed by atoms with E-state index in [1.165, 1.54) is 0 Å². The van der Waals surface area contributed by atoms with E-state index in [4.69, 9.17) is 5.11 Å². The third-order valence-electron chi connectivity index (χ3n) is 1.41. The molecule has 56 valence electrons. The Morgan fingerprint density at radius 1 is 1.60 bits per heavy atom. The molecule has 0 saturated carbocycles. The Balaban J connectivity index is 0. The van der Waals surface area contributed by atoms with Crippen molar-refractivity contribution in [1.29, 1.82) is 0 Å². The molecular weight excluding hydrogens is 155 g/mol. The number of unbranched alkanes of at least 4 members (excludes halogenated alkanes) is 1. The van der Waals surface area contributed by atoms with Gasteiger partial charge < -0.3 is 5.11 Å². The molecular formula is C7H15KO2. The van der Waals surface area contributed by atoms with Gasteiger partial charge in [0.15, 0.2) is 0 Å². The second-order valence-electron chi connectivity index (χ2n) is 2.38. The van der Waals surface area contributed by atoms with Crippen molar-refractivity contribution in [1.82, 2.24) is 0 Å². The van der Waals surface area contributed by atoms with Crippen LogP contribution < -0.4 is 0 Å². The van der Waals surface area contributed by atoms with Gasteiger partial charge in [-0.15, -0.1) is 0 Å². The first kappa shape index (κ1) is 13.7. The Bertz CT molecular complexity index is 93.6. The fourth-order valence-corrected chi connectivity index (χ4v) is 0.634. The van der Waals surface area contributed by atoms with Gasteiger partial charge in [0.25, 0.3) is 0 Å². The van der Waals surface area contributed by atoms with Crippen LogP contribution in [0, 0.1) is 5.92 Å². The summed E-state index contributed by atoms with van der Waals surface area (Å²) in [6, 6.07) is 0. The van der Waals surface area contributed by atoms with Gasteiger partial charge in [-0.05, 0) is 6.42 Å². The Morgan fingerprint density at radius 3 is 2.40 bits per heavy atom. The minimum atomic E-state index is -0.677. The van der Waals surface area contributed by atoms with Crippen LogP contribution in [0.3, 0.4) is 0 Å². The number of hydrogen-bond acceptors (Lipinski definition) is 1. The summed E-state index contributed by atoms with van der Waals surface area (Å²) in [6.07, 6.45) is 2.91. The Kier molecular flexibility index (Phi) is 11.2. The molecule has 0 aromatic rings. The van der Waals surface area contributed by atoms with Crippen LogP contribution in [0.25, 0.3) is 0 Å². The second kappa shape index (κ2) is 8.21. The van der Waals surface area contributed by atoms with Crippen molar-refractivity contribution in [2.24, 2.45) is 5.92 Å². The standard InChI is InChI=1S/C7H14O2.K.H/c1-3-4-5-6(2)7(8)9;;/h6H,3-5H2,1-2H3,(H,8,9);;. The summed E-state index contributed by atoms with van der Waals surface area (Å²) >= 11 is 0. The molecule has 0 aromatic heterocycles. The first-order valence-corrected chi connectivity index (χ1v) is 3.41. The van der Waals surface area contributed by atoms with Crippen LogP contribution in [0.15, 0.2) is 0 Å². The molecule has 0 heterocycles. The molecule has 10 heavy (non-hydrogen) atoms. The maximum absolute atomic E-state index is 10.2. The van der Waals surface area contributed by atoms with Gasteiger partial charge in [0.2, 0.25) is 0 Å². The van der Waals surface area contributed by atoms with Gasteiger partial charge in [-0.1, -0.05) is 26.7 Å². The maximum atomic E-state index is 10.2. The average molecular weight is 170 g/mol. The monoisotopic (exact) mass is 170 g/mol. The fourth-order valence-electron chi connectivity index (χ4n) is 0.634. The second-order valence-corrected chi connectivity index (χ2v) is 2.38. The molecule has 0 amide bonds. The SMILES string of the molecule is CCCCC(C)C(=O)O.[KH]. The molecule has 0 radical (unpaired) electrons. The average Bonchev–Trinajstić information content (AvgIpc) is 1.82. The van der Waals surface area contributed by atoms with E-state index < -0.39 is 5.97 Å². The molecule has 0 fully saturated rings. The Hall–Kier alpha value is 1.11. The topological polar surface area (TPSA) is 37.3 Å². The number of aliphatic carboxylic acids is 1. The third-order valence-corrected chi connectivity index (χ3v) is 1.41. The van der Waals surface area contributed by atoms with Gasteiger partial charge >= 0.3 is 57.4 Å². The Labute approximate surface area is 105 Å². The van der Waals surface area contributed by atoms with Gasteiger partial charge in [0, 0.05) is 0 Å². The summed E-state index contributed by atoms with van der Waals surface area (Å²) in [4.78, 5) is 10.2. The molecule has 3 heteroatoms. The van der Waals surface area contributed by atoms with Gasteiger partial charge in [0.1, 0.15) is 0 Å². The zero-order valence-electron chi connectivity index (χ0n) is 6.05. The molecule has 0 spiro atoms. The van der Waals surface area contributed by atoms with E-state index in [-0.39, 0.29) is 57.3 Å². The van der Waals surface area contributed by atoms with Crippen LogP contribution in [0.2, 0.25) is 0 Å². The number of carbonyl (C=O) groups is 1. The summed E-state index contributed by atoms with van der Waals surface area (Å²) in [5, 5.41) is 8.41. The summed E-state index contributed by atoms with van der Waals surface area (Å²) in [7, 11) is 0. The van der Waals surface area contributed by atoms with Crippen molar-refractivity contribution in [3.05, 3.63) is 0 Å². The van der Waals surface area contributed by atoms with Crippen molar-refractivity contribution in [3.8, 4) is 0 Å². The molecule has 1 unspecified atom stereocenters. The van der Waals surface area contributed by atoms with E-state index in [1.54, 1.807) is 6.92 Å². The van der Waals surface area contributed by atoms with Crippen molar-refractivity contribution >= 4 is 57.4 Å². The van der Waals surface area contributed by atoms with Crippen LogP contribution in [-0.4, -0.2) is 62.5 Å². The molecule has 0 bridgehead atoms. The Morgan fingerprint density at radius 2 is 2.10 bits per heavy atom. The molecule has 1 atom stereocenters. The van der Waals surface area contributed by atoms with Crippen LogP contribution >= 0.6 is 0 Å². The predicted octanol–water partition coefficient (Wildman–Crippen LogP) is 1.25.